The van der Waals surface area contributed by atoms with Crippen LogP contribution in [0.25, 0.3) is 0 Å². The molecule has 1 amide bonds. The molecule has 0 bridgehead atoms. The van der Waals surface area contributed by atoms with Crippen molar-refractivity contribution < 1.29 is 9.53 Å². The number of nitrogen functional groups attached to an aromatic ring is 1. The number of rotatable bonds is 6. The molecule has 0 fully saturated rings. The average Bonchev–Trinajstić information content (AvgIpc) is 2.31. The molecule has 0 saturated heterocycles. The summed E-state index contributed by atoms with van der Waals surface area (Å²) in [6.07, 6.45) is 0. The minimum Gasteiger partial charge on any atom is -0.397 e. The molecule has 3 N–H and O–H groups in total. The molecule has 0 aliphatic heterocycles. The number of nitrogens with two attached hydrogens (primary N) is 1. The minimum atomic E-state index is -0.137. The van der Waals surface area contributed by atoms with Gasteiger partial charge in [0.15, 0.2) is 0 Å². The van der Waals surface area contributed by atoms with Gasteiger partial charge in [0.05, 0.1) is 24.5 Å². The number of likely N-dealkylation sites (N-methyl/N-ethyl adjacent to an activating group) is 1. The summed E-state index contributed by atoms with van der Waals surface area (Å²) in [5, 5.41) is 3.26. The van der Waals surface area contributed by atoms with E-state index in [2.05, 4.69) is 5.32 Å². The number of nitrogens with one attached hydrogen (secondary N) is 1. The normalized spacial score (nSPS) is 10.7. The number of methoxy groups -OCH3 is 1. The Kier molecular flexibility index (Phi) is 5.91. The molecule has 6 heteroatoms. The van der Waals surface area contributed by atoms with Gasteiger partial charge in [0.25, 0.3) is 0 Å². The van der Waals surface area contributed by atoms with Crippen molar-refractivity contribution in [2.24, 2.45) is 0 Å². The maximum absolute atomic E-state index is 11.8. The summed E-state index contributed by atoms with van der Waals surface area (Å²) in [6, 6.07) is 4.97. The van der Waals surface area contributed by atoms with E-state index in [1.807, 2.05) is 11.9 Å². The predicted octanol–water partition coefficient (Wildman–Crippen LogP) is 1.44. The first kappa shape index (κ1) is 14.8. The van der Waals surface area contributed by atoms with Gasteiger partial charge in [0.2, 0.25) is 5.91 Å². The van der Waals surface area contributed by atoms with Gasteiger partial charge in [-0.25, -0.2) is 0 Å². The minimum absolute atomic E-state index is 0.137. The Labute approximate surface area is 112 Å². The van der Waals surface area contributed by atoms with E-state index in [1.54, 1.807) is 25.3 Å². The van der Waals surface area contributed by atoms with Gasteiger partial charge < -0.3 is 15.8 Å². The Balaban J connectivity index is 2.51. The Bertz CT molecular complexity index is 412. The summed E-state index contributed by atoms with van der Waals surface area (Å²) in [5.74, 6) is -0.137. The number of hydrogen-bond acceptors (Lipinski definition) is 4. The van der Waals surface area contributed by atoms with Gasteiger partial charge in [0, 0.05) is 18.7 Å². The van der Waals surface area contributed by atoms with E-state index in [1.165, 1.54) is 0 Å². The molecule has 0 aromatic heterocycles. The molecule has 0 aliphatic rings. The highest BCUT2D eigenvalue weighted by molar-refractivity contribution is 6.31. The summed E-state index contributed by atoms with van der Waals surface area (Å²) in [5.41, 5.74) is 6.77. The number of carbonyl (C=O) groups is 1. The third kappa shape index (κ3) is 4.91. The van der Waals surface area contributed by atoms with Crippen molar-refractivity contribution >= 4 is 28.9 Å². The van der Waals surface area contributed by atoms with Crippen LogP contribution in [0.1, 0.15) is 0 Å². The molecule has 0 heterocycles. The standard InChI is InChI=1S/C12H18ClN3O2/c1-16(5-6-18-2)8-12(17)15-11-7-9(13)3-4-10(11)14/h3-4,7H,5-6,8,14H2,1-2H3,(H,15,17). The molecule has 5 nitrogen and oxygen atoms in total. The summed E-state index contributed by atoms with van der Waals surface area (Å²) < 4.78 is 4.94. The van der Waals surface area contributed by atoms with E-state index >= 15 is 0 Å². The maximum atomic E-state index is 11.8. The molecule has 0 radical (unpaired) electrons. The van der Waals surface area contributed by atoms with Crippen molar-refractivity contribution in [1.29, 1.82) is 0 Å². The fourth-order valence-corrected chi connectivity index (χ4v) is 1.57. The summed E-state index contributed by atoms with van der Waals surface area (Å²) in [6.45, 7) is 1.55. The third-order valence-electron chi connectivity index (χ3n) is 2.38. The zero-order valence-corrected chi connectivity index (χ0v) is 11.3. The van der Waals surface area contributed by atoms with E-state index in [-0.39, 0.29) is 12.5 Å². The van der Waals surface area contributed by atoms with Crippen molar-refractivity contribution in [2.75, 3.05) is 44.9 Å². The van der Waals surface area contributed by atoms with Gasteiger partial charge >= 0.3 is 0 Å². The van der Waals surface area contributed by atoms with E-state index in [4.69, 9.17) is 22.1 Å². The highest BCUT2D eigenvalue weighted by Gasteiger charge is 2.08. The van der Waals surface area contributed by atoms with Gasteiger partial charge in [0.1, 0.15) is 0 Å². The number of nitrogens with zero attached hydrogens (tertiary/aromatic N) is 1. The Morgan fingerprint density at radius 1 is 1.56 bits per heavy atom. The molecule has 100 valence electrons. The van der Waals surface area contributed by atoms with E-state index in [9.17, 15) is 4.79 Å². The fraction of sp³-hybridized carbons (Fsp3) is 0.417. The molecular formula is C12H18ClN3O2. The first-order valence-corrected chi connectivity index (χ1v) is 5.93. The van der Waals surface area contributed by atoms with Crippen LogP contribution in [0, 0.1) is 0 Å². The molecule has 0 unspecified atom stereocenters. The fourth-order valence-electron chi connectivity index (χ4n) is 1.40. The maximum Gasteiger partial charge on any atom is 0.238 e. The van der Waals surface area contributed by atoms with Gasteiger partial charge in [-0.3, -0.25) is 9.69 Å². The third-order valence-corrected chi connectivity index (χ3v) is 2.62. The van der Waals surface area contributed by atoms with E-state index in [0.29, 0.717) is 29.5 Å². The molecule has 0 atom stereocenters. The van der Waals surface area contributed by atoms with E-state index < -0.39 is 0 Å². The Morgan fingerprint density at radius 2 is 2.28 bits per heavy atom. The lowest BCUT2D eigenvalue weighted by atomic mass is 10.2. The van der Waals surface area contributed by atoms with Gasteiger partial charge in [-0.1, -0.05) is 11.6 Å². The van der Waals surface area contributed by atoms with Crippen molar-refractivity contribution in [3.05, 3.63) is 23.2 Å². The van der Waals surface area contributed by atoms with Crippen LogP contribution in [0.2, 0.25) is 5.02 Å². The highest BCUT2D eigenvalue weighted by Crippen LogP contribution is 2.22. The topological polar surface area (TPSA) is 67.6 Å². The van der Waals surface area contributed by atoms with Gasteiger partial charge in [-0.05, 0) is 25.2 Å². The molecular weight excluding hydrogens is 254 g/mol. The van der Waals surface area contributed by atoms with Crippen molar-refractivity contribution in [2.45, 2.75) is 0 Å². The number of hydrogen-bond donors (Lipinski definition) is 2. The molecule has 18 heavy (non-hydrogen) atoms. The molecule has 1 rings (SSSR count). The van der Waals surface area contributed by atoms with Crippen LogP contribution in [0.4, 0.5) is 11.4 Å². The Morgan fingerprint density at radius 3 is 2.94 bits per heavy atom. The quantitative estimate of drug-likeness (QED) is 0.769. The number of halogens is 1. The lowest BCUT2D eigenvalue weighted by Gasteiger charge is -2.16. The van der Waals surface area contributed by atoms with Crippen molar-refractivity contribution in [1.82, 2.24) is 4.90 Å². The van der Waals surface area contributed by atoms with Crippen LogP contribution in [-0.2, 0) is 9.53 Å². The lowest BCUT2D eigenvalue weighted by Crippen LogP contribution is -2.32. The van der Waals surface area contributed by atoms with Crippen LogP contribution in [-0.4, -0.2) is 44.7 Å². The largest absolute Gasteiger partial charge is 0.397 e. The molecule has 1 aromatic rings. The Hall–Kier alpha value is -1.30. The van der Waals surface area contributed by atoms with Gasteiger partial charge in [-0.15, -0.1) is 0 Å². The zero-order valence-electron chi connectivity index (χ0n) is 10.6. The number of carbonyl (C=O) groups excluding carboxylic acids is 1. The second kappa shape index (κ2) is 7.20. The molecule has 1 aromatic carbocycles. The highest BCUT2D eigenvalue weighted by atomic mass is 35.5. The second-order valence-corrected chi connectivity index (χ2v) is 4.45. The van der Waals surface area contributed by atoms with Crippen LogP contribution in [0.15, 0.2) is 18.2 Å². The summed E-state index contributed by atoms with van der Waals surface area (Å²) in [4.78, 5) is 13.6. The SMILES string of the molecule is COCCN(C)CC(=O)Nc1cc(Cl)ccc1N. The predicted molar refractivity (Wildman–Crippen MR) is 73.9 cm³/mol. The van der Waals surface area contributed by atoms with Crippen molar-refractivity contribution in [3.8, 4) is 0 Å². The number of amides is 1. The first-order chi connectivity index (χ1) is 8.52. The first-order valence-electron chi connectivity index (χ1n) is 5.55. The summed E-state index contributed by atoms with van der Waals surface area (Å²) in [7, 11) is 3.47. The number of benzene rings is 1. The average molecular weight is 272 g/mol. The monoisotopic (exact) mass is 271 g/mol. The van der Waals surface area contributed by atoms with Crippen LogP contribution >= 0.6 is 11.6 Å². The second-order valence-electron chi connectivity index (χ2n) is 4.01. The van der Waals surface area contributed by atoms with Crippen molar-refractivity contribution in [3.63, 3.8) is 0 Å². The van der Waals surface area contributed by atoms with Crippen LogP contribution in [0.5, 0.6) is 0 Å². The summed E-state index contributed by atoms with van der Waals surface area (Å²) >= 11 is 5.84. The smallest absolute Gasteiger partial charge is 0.238 e. The molecule has 0 spiro atoms. The van der Waals surface area contributed by atoms with E-state index in [0.717, 1.165) is 0 Å². The molecule has 0 saturated carbocycles. The van der Waals surface area contributed by atoms with Crippen LogP contribution in [0.3, 0.4) is 0 Å². The molecule has 0 aliphatic carbocycles. The number of ether oxygens (including phenoxy) is 1. The zero-order chi connectivity index (χ0) is 13.5. The lowest BCUT2D eigenvalue weighted by molar-refractivity contribution is -0.117. The van der Waals surface area contributed by atoms with Crippen LogP contribution < -0.4 is 11.1 Å². The number of anilines is 2. The van der Waals surface area contributed by atoms with Gasteiger partial charge in [-0.2, -0.15) is 0 Å².